The first-order chi connectivity index (χ1) is 2.81. The lowest BCUT2D eigenvalue weighted by Crippen LogP contribution is -2.15. The van der Waals surface area contributed by atoms with Gasteiger partial charge in [-0.2, -0.15) is 0 Å². The van der Waals surface area contributed by atoms with Crippen molar-refractivity contribution in [2.45, 2.75) is 6.10 Å². The SMILES string of the molecule is OC(C[18OH])C[18OH]. The Morgan fingerprint density at radius 3 is 1.67 bits per heavy atom. The van der Waals surface area contributed by atoms with E-state index in [1.54, 1.807) is 0 Å². The molecular weight excluding hydrogens is 88.0 g/mol. The van der Waals surface area contributed by atoms with E-state index in [0.29, 0.717) is 0 Å². The van der Waals surface area contributed by atoms with E-state index >= 15 is 0 Å². The summed E-state index contributed by atoms with van der Waals surface area (Å²) in [5.41, 5.74) is 0. The van der Waals surface area contributed by atoms with Crippen molar-refractivity contribution < 1.29 is 15.3 Å². The maximum absolute atomic E-state index is 8.17. The van der Waals surface area contributed by atoms with E-state index in [2.05, 4.69) is 0 Å². The molecule has 0 aromatic heterocycles. The number of aliphatic hydroxyl groups is 3. The van der Waals surface area contributed by atoms with Gasteiger partial charge in [-0.25, -0.2) is 0 Å². The molecule has 0 radical (unpaired) electrons. The van der Waals surface area contributed by atoms with Crippen LogP contribution in [0.1, 0.15) is 0 Å². The summed E-state index contributed by atoms with van der Waals surface area (Å²) in [6.07, 6.45) is -0.954. The van der Waals surface area contributed by atoms with Crippen LogP contribution in [0.25, 0.3) is 0 Å². The first kappa shape index (κ1) is 5.88. The topological polar surface area (TPSA) is 60.7 Å². The molecule has 0 aliphatic carbocycles. The third-order valence-electron chi connectivity index (χ3n) is 0.421. The first-order valence-electron chi connectivity index (χ1n) is 1.71. The molecule has 3 N–H and O–H groups in total. The predicted molar refractivity (Wildman–Crippen MR) is 20.2 cm³/mol. The first-order valence-corrected chi connectivity index (χ1v) is 1.71. The van der Waals surface area contributed by atoms with Crippen LogP contribution < -0.4 is 0 Å². The Balaban J connectivity index is 2.75. The zero-order valence-electron chi connectivity index (χ0n) is 3.33. The quantitative estimate of drug-likeness (QED) is 0.360. The molecule has 0 unspecified atom stereocenters. The van der Waals surface area contributed by atoms with Gasteiger partial charge in [0.1, 0.15) is 6.10 Å². The van der Waals surface area contributed by atoms with Gasteiger partial charge in [-0.15, -0.1) is 0 Å². The molecule has 0 atom stereocenters. The van der Waals surface area contributed by atoms with Gasteiger partial charge >= 0.3 is 0 Å². The van der Waals surface area contributed by atoms with Crippen molar-refractivity contribution in [3.05, 3.63) is 0 Å². The molecule has 0 rings (SSSR count). The summed E-state index contributed by atoms with van der Waals surface area (Å²) in [5, 5.41) is 24.0. The Morgan fingerprint density at radius 1 is 1.33 bits per heavy atom. The van der Waals surface area contributed by atoms with Crippen LogP contribution in [0.5, 0.6) is 0 Å². The Kier molecular flexibility index (Phi) is 3.02. The molecule has 0 fully saturated rings. The lowest BCUT2D eigenvalue weighted by Gasteiger charge is -1.96. The molecule has 0 spiro atoms. The second-order valence-corrected chi connectivity index (χ2v) is 1.02. The Morgan fingerprint density at radius 2 is 1.67 bits per heavy atom. The second-order valence-electron chi connectivity index (χ2n) is 1.02. The van der Waals surface area contributed by atoms with Crippen LogP contribution in [0, 0.1) is 0 Å². The number of hydrogen-bond acceptors (Lipinski definition) is 3. The summed E-state index contributed by atoms with van der Waals surface area (Å²) in [6.45, 7) is -0.729. The molecule has 6 heavy (non-hydrogen) atoms. The zero-order chi connectivity index (χ0) is 4.99. The van der Waals surface area contributed by atoms with Crippen molar-refractivity contribution in [3.63, 3.8) is 0 Å². The van der Waals surface area contributed by atoms with E-state index in [-0.39, 0.29) is 13.2 Å². The molecule has 0 saturated heterocycles. The molecule has 0 aromatic rings. The summed E-state index contributed by atoms with van der Waals surface area (Å²) in [7, 11) is 0. The van der Waals surface area contributed by atoms with E-state index in [4.69, 9.17) is 15.3 Å². The average Bonchev–Trinajstić information content (AvgIpc) is 1.65. The van der Waals surface area contributed by atoms with Crippen molar-refractivity contribution in [1.29, 1.82) is 0 Å². The Hall–Kier alpha value is -0.120. The van der Waals surface area contributed by atoms with Crippen LogP contribution in [0.2, 0.25) is 0 Å². The van der Waals surface area contributed by atoms with Crippen LogP contribution in [0.4, 0.5) is 0 Å². The van der Waals surface area contributed by atoms with Crippen LogP contribution in [0.3, 0.4) is 0 Å². The molecule has 0 saturated carbocycles. The van der Waals surface area contributed by atoms with Gasteiger partial charge in [0.2, 0.25) is 0 Å². The van der Waals surface area contributed by atoms with Gasteiger partial charge < -0.3 is 15.3 Å². The van der Waals surface area contributed by atoms with Gasteiger partial charge in [0.05, 0.1) is 13.2 Å². The van der Waals surface area contributed by atoms with Crippen molar-refractivity contribution in [2.24, 2.45) is 0 Å². The fraction of sp³-hybridized carbons (Fsp3) is 1.00. The van der Waals surface area contributed by atoms with Gasteiger partial charge in [0.15, 0.2) is 0 Å². The highest BCUT2D eigenvalue weighted by molar-refractivity contribution is 4.43. The summed E-state index contributed by atoms with van der Waals surface area (Å²) < 4.78 is 0. The molecule has 3 nitrogen and oxygen atoms in total. The van der Waals surface area contributed by atoms with Gasteiger partial charge in [-0.3, -0.25) is 0 Å². The van der Waals surface area contributed by atoms with E-state index in [1.807, 2.05) is 0 Å². The summed E-state index contributed by atoms with van der Waals surface area (Å²) >= 11 is 0. The third kappa shape index (κ3) is 2.14. The summed E-state index contributed by atoms with van der Waals surface area (Å²) in [4.78, 5) is 0. The van der Waals surface area contributed by atoms with Crippen LogP contribution in [0.15, 0.2) is 0 Å². The minimum absolute atomic E-state index is 0.365. The fourth-order valence-electron chi connectivity index (χ4n) is 0.0577. The smallest absolute Gasteiger partial charge is 0.100 e. The van der Waals surface area contributed by atoms with Gasteiger partial charge in [0.25, 0.3) is 0 Å². The standard InChI is InChI=1S/C3H8O3/c4-1-3(6)2-5/h3-6H,1-2H2/i4+2,5+2. The lowest BCUT2D eigenvalue weighted by molar-refractivity contribution is 0.0450. The van der Waals surface area contributed by atoms with Crippen LogP contribution in [-0.4, -0.2) is 34.6 Å². The second kappa shape index (κ2) is 3.08. The molecule has 38 valence electrons. The predicted octanol–water partition coefficient (Wildman–Crippen LogP) is -1.67. The van der Waals surface area contributed by atoms with Crippen LogP contribution >= 0.6 is 0 Å². The molecule has 0 heterocycles. The van der Waals surface area contributed by atoms with E-state index in [0.717, 1.165) is 0 Å². The van der Waals surface area contributed by atoms with Gasteiger partial charge in [0, 0.05) is 0 Å². The van der Waals surface area contributed by atoms with E-state index in [9.17, 15) is 0 Å². The average molecular weight is 96.1 g/mol. The fourth-order valence-corrected chi connectivity index (χ4v) is 0.0577. The van der Waals surface area contributed by atoms with Crippen molar-refractivity contribution >= 4 is 0 Å². The molecule has 0 aromatic carbocycles. The Bertz CT molecular complexity index is 25.2. The molecule has 0 aliphatic heterocycles. The van der Waals surface area contributed by atoms with Gasteiger partial charge in [-0.1, -0.05) is 0 Å². The van der Waals surface area contributed by atoms with Crippen molar-refractivity contribution in [3.8, 4) is 0 Å². The molecule has 0 amide bonds. The maximum Gasteiger partial charge on any atom is 0.100 e. The maximum atomic E-state index is 8.17. The largest absolute Gasteiger partial charge is 0.394 e. The number of hydrogen-bond donors (Lipinski definition) is 3. The molecule has 0 aliphatic rings. The molecule has 0 bridgehead atoms. The van der Waals surface area contributed by atoms with E-state index in [1.165, 1.54) is 0 Å². The highest BCUT2D eigenvalue weighted by Gasteiger charge is 1.93. The Labute approximate surface area is 35.9 Å². The minimum atomic E-state index is -0.954. The normalized spacial score (nSPS) is 10.0. The summed E-state index contributed by atoms with van der Waals surface area (Å²) in [6, 6.07) is 0. The lowest BCUT2D eigenvalue weighted by atomic mass is 10.4. The van der Waals surface area contributed by atoms with Crippen molar-refractivity contribution in [1.82, 2.24) is 0 Å². The van der Waals surface area contributed by atoms with Crippen molar-refractivity contribution in [2.75, 3.05) is 13.2 Å². The highest BCUT2D eigenvalue weighted by atomic mass is 18.2. The van der Waals surface area contributed by atoms with Crippen LogP contribution in [-0.2, 0) is 0 Å². The van der Waals surface area contributed by atoms with Gasteiger partial charge in [-0.05, 0) is 0 Å². The summed E-state index contributed by atoms with van der Waals surface area (Å²) in [5.74, 6) is 0. The third-order valence-corrected chi connectivity index (χ3v) is 0.421. The molecule has 3 heteroatoms. The zero-order valence-corrected chi connectivity index (χ0v) is 3.33. The monoisotopic (exact) mass is 96.1 g/mol. The number of aliphatic hydroxyl groups excluding tert-OH is 3. The van der Waals surface area contributed by atoms with E-state index < -0.39 is 6.10 Å². The minimum Gasteiger partial charge on any atom is -0.394 e. The number of rotatable bonds is 2. The highest BCUT2D eigenvalue weighted by Crippen LogP contribution is 1.71. The molecular formula is C3H8O3.